The Bertz CT molecular complexity index is 1230. The van der Waals surface area contributed by atoms with Crippen molar-refractivity contribution >= 4 is 21.8 Å². The van der Waals surface area contributed by atoms with Gasteiger partial charge in [-0.2, -0.15) is 0 Å². The molecule has 0 saturated carbocycles. The van der Waals surface area contributed by atoms with E-state index in [1.807, 2.05) is 0 Å². The van der Waals surface area contributed by atoms with Crippen LogP contribution in [-0.4, -0.2) is 9.97 Å². The van der Waals surface area contributed by atoms with E-state index < -0.39 is 0 Å². The quantitative estimate of drug-likeness (QED) is 0.349. The molecular weight excluding hydrogens is 340 g/mol. The monoisotopic (exact) mass is 360 g/mol. The topological polar surface area (TPSA) is 25.8 Å². The number of benzene rings is 3. The first kappa shape index (κ1) is 16.6. The number of pyridine rings is 2. The molecule has 0 unspecified atom stereocenters. The zero-order valence-corrected chi connectivity index (χ0v) is 16.0. The van der Waals surface area contributed by atoms with E-state index in [-0.39, 0.29) is 0 Å². The van der Waals surface area contributed by atoms with E-state index in [4.69, 9.17) is 9.97 Å². The van der Waals surface area contributed by atoms with Gasteiger partial charge in [-0.1, -0.05) is 53.6 Å². The second-order valence-electron chi connectivity index (χ2n) is 7.37. The molecule has 2 heterocycles. The lowest BCUT2D eigenvalue weighted by molar-refractivity contribution is 1.37. The van der Waals surface area contributed by atoms with E-state index in [1.54, 1.807) is 0 Å². The zero-order valence-electron chi connectivity index (χ0n) is 16.0. The molecule has 0 aliphatic carbocycles. The summed E-state index contributed by atoms with van der Waals surface area (Å²) >= 11 is 0. The third kappa shape index (κ3) is 3.03. The van der Waals surface area contributed by atoms with E-state index in [1.165, 1.54) is 21.9 Å². The number of fused-ring (bicyclic) bond motifs is 2. The summed E-state index contributed by atoms with van der Waals surface area (Å²) in [6.07, 6.45) is 0. The van der Waals surface area contributed by atoms with Crippen molar-refractivity contribution in [2.75, 3.05) is 0 Å². The molecule has 3 aromatic carbocycles. The molecule has 0 spiro atoms. The Hall–Kier alpha value is -3.52. The SMILES string of the molecule is Cc1ccc2nc(-c3cccc(-c4ccc5cc(C)ccc5n4)c3)ccc2c1. The second kappa shape index (κ2) is 6.58. The van der Waals surface area contributed by atoms with Crippen molar-refractivity contribution in [3.63, 3.8) is 0 Å². The van der Waals surface area contributed by atoms with Gasteiger partial charge in [0.05, 0.1) is 22.4 Å². The molecule has 0 fully saturated rings. The number of hydrogen-bond acceptors (Lipinski definition) is 2. The van der Waals surface area contributed by atoms with E-state index in [2.05, 4.69) is 98.8 Å². The fourth-order valence-corrected chi connectivity index (χ4v) is 3.65. The van der Waals surface area contributed by atoms with Gasteiger partial charge in [-0.25, -0.2) is 9.97 Å². The summed E-state index contributed by atoms with van der Waals surface area (Å²) in [6, 6.07) is 29.7. The molecule has 0 N–H and O–H groups in total. The minimum Gasteiger partial charge on any atom is -0.248 e. The van der Waals surface area contributed by atoms with Crippen molar-refractivity contribution in [1.29, 1.82) is 0 Å². The zero-order chi connectivity index (χ0) is 19.1. The second-order valence-corrected chi connectivity index (χ2v) is 7.37. The standard InChI is InChI=1S/C26H20N2/c1-17-6-10-23-21(14-17)8-12-25(27-23)19-4-3-5-20(16-19)26-13-9-22-15-18(2)7-11-24(22)28-26/h3-16H,1-2H3. The smallest absolute Gasteiger partial charge is 0.0709 e. The minimum absolute atomic E-state index is 0.981. The van der Waals surface area contributed by atoms with Crippen LogP contribution in [0.4, 0.5) is 0 Å². The van der Waals surface area contributed by atoms with Crippen LogP contribution in [0.25, 0.3) is 44.3 Å². The summed E-state index contributed by atoms with van der Waals surface area (Å²) < 4.78 is 0. The lowest BCUT2D eigenvalue weighted by Crippen LogP contribution is -1.89. The summed E-state index contributed by atoms with van der Waals surface area (Å²) in [5.74, 6) is 0. The molecule has 134 valence electrons. The van der Waals surface area contributed by atoms with Gasteiger partial charge in [-0.15, -0.1) is 0 Å². The van der Waals surface area contributed by atoms with Crippen LogP contribution < -0.4 is 0 Å². The normalized spacial score (nSPS) is 11.2. The highest BCUT2D eigenvalue weighted by molar-refractivity contribution is 5.84. The minimum atomic E-state index is 0.981. The Labute approximate surface area is 164 Å². The van der Waals surface area contributed by atoms with Crippen molar-refractivity contribution < 1.29 is 0 Å². The van der Waals surface area contributed by atoms with Gasteiger partial charge < -0.3 is 0 Å². The number of rotatable bonds is 2. The fourth-order valence-electron chi connectivity index (χ4n) is 3.65. The van der Waals surface area contributed by atoms with Crippen LogP contribution in [-0.2, 0) is 0 Å². The maximum Gasteiger partial charge on any atom is 0.0709 e. The average molecular weight is 360 g/mol. The van der Waals surface area contributed by atoms with Crippen LogP contribution in [0.15, 0.2) is 84.9 Å². The molecule has 0 saturated heterocycles. The first-order valence-electron chi connectivity index (χ1n) is 9.51. The van der Waals surface area contributed by atoms with Gasteiger partial charge >= 0.3 is 0 Å². The van der Waals surface area contributed by atoms with Crippen LogP contribution in [0.2, 0.25) is 0 Å². The number of aryl methyl sites for hydroxylation is 2. The van der Waals surface area contributed by atoms with E-state index in [0.29, 0.717) is 0 Å². The molecule has 0 radical (unpaired) electrons. The Morgan fingerprint density at radius 3 is 1.50 bits per heavy atom. The van der Waals surface area contributed by atoms with Crippen molar-refractivity contribution in [1.82, 2.24) is 9.97 Å². The molecule has 5 aromatic rings. The number of nitrogens with zero attached hydrogens (tertiary/aromatic N) is 2. The fraction of sp³-hybridized carbons (Fsp3) is 0.0769. The van der Waals surface area contributed by atoms with E-state index in [0.717, 1.165) is 33.5 Å². The molecule has 2 aromatic heterocycles. The molecule has 2 nitrogen and oxygen atoms in total. The van der Waals surface area contributed by atoms with Gasteiger partial charge in [-0.3, -0.25) is 0 Å². The molecule has 0 amide bonds. The first-order valence-corrected chi connectivity index (χ1v) is 9.51. The predicted octanol–water partition coefficient (Wildman–Crippen LogP) is 6.73. The molecule has 2 heteroatoms. The summed E-state index contributed by atoms with van der Waals surface area (Å²) in [7, 11) is 0. The lowest BCUT2D eigenvalue weighted by atomic mass is 10.0. The maximum atomic E-state index is 4.86. The van der Waals surface area contributed by atoms with Crippen molar-refractivity contribution in [3.8, 4) is 22.5 Å². The van der Waals surface area contributed by atoms with Gasteiger partial charge in [0.1, 0.15) is 0 Å². The highest BCUT2D eigenvalue weighted by atomic mass is 14.7. The van der Waals surface area contributed by atoms with Gasteiger partial charge in [0.15, 0.2) is 0 Å². The average Bonchev–Trinajstić information content (AvgIpc) is 2.73. The van der Waals surface area contributed by atoms with Gasteiger partial charge in [0, 0.05) is 21.9 Å². The summed E-state index contributed by atoms with van der Waals surface area (Å²) in [6.45, 7) is 4.21. The lowest BCUT2D eigenvalue weighted by Gasteiger charge is -2.08. The van der Waals surface area contributed by atoms with E-state index >= 15 is 0 Å². The molecule has 28 heavy (non-hydrogen) atoms. The third-order valence-electron chi connectivity index (χ3n) is 5.14. The molecule has 0 bridgehead atoms. The molecule has 0 aliphatic rings. The van der Waals surface area contributed by atoms with Crippen LogP contribution in [0.3, 0.4) is 0 Å². The Balaban J connectivity index is 1.58. The van der Waals surface area contributed by atoms with Crippen molar-refractivity contribution in [2.24, 2.45) is 0 Å². The largest absolute Gasteiger partial charge is 0.248 e. The van der Waals surface area contributed by atoms with Crippen LogP contribution in [0.5, 0.6) is 0 Å². The number of aromatic nitrogens is 2. The van der Waals surface area contributed by atoms with Crippen molar-refractivity contribution in [3.05, 3.63) is 96.1 Å². The summed E-state index contributed by atoms with van der Waals surface area (Å²) in [5, 5.41) is 2.35. The highest BCUT2D eigenvalue weighted by Crippen LogP contribution is 2.27. The van der Waals surface area contributed by atoms with Gasteiger partial charge in [0.25, 0.3) is 0 Å². The molecule has 0 atom stereocenters. The Kier molecular flexibility index (Phi) is 3.91. The highest BCUT2D eigenvalue weighted by Gasteiger charge is 2.06. The van der Waals surface area contributed by atoms with Gasteiger partial charge in [0.2, 0.25) is 0 Å². The predicted molar refractivity (Wildman–Crippen MR) is 117 cm³/mol. The van der Waals surface area contributed by atoms with Crippen LogP contribution in [0, 0.1) is 13.8 Å². The van der Waals surface area contributed by atoms with Crippen LogP contribution in [0.1, 0.15) is 11.1 Å². The summed E-state index contributed by atoms with van der Waals surface area (Å²) in [4.78, 5) is 9.72. The Morgan fingerprint density at radius 2 is 1.00 bits per heavy atom. The molecular formula is C26H20N2. The Morgan fingerprint density at radius 1 is 0.500 bits per heavy atom. The van der Waals surface area contributed by atoms with Crippen LogP contribution >= 0.6 is 0 Å². The van der Waals surface area contributed by atoms with Crippen molar-refractivity contribution in [2.45, 2.75) is 13.8 Å². The maximum absolute atomic E-state index is 4.86. The molecule has 0 aliphatic heterocycles. The van der Waals surface area contributed by atoms with Gasteiger partial charge in [-0.05, 0) is 56.3 Å². The van der Waals surface area contributed by atoms with E-state index in [9.17, 15) is 0 Å². The summed E-state index contributed by atoms with van der Waals surface area (Å²) in [5.41, 5.74) is 8.71. The first-order chi connectivity index (χ1) is 13.7. The molecule has 5 rings (SSSR count). The third-order valence-corrected chi connectivity index (χ3v) is 5.14. The number of hydrogen-bond donors (Lipinski definition) is 0.